The maximum Gasteiger partial charge on any atom is 0.313 e. The lowest BCUT2D eigenvalue weighted by Crippen LogP contribution is -2.57. The van der Waals surface area contributed by atoms with Crippen LogP contribution in [-0.2, 0) is 5.41 Å². The molecule has 2 aliphatic heterocycles. The smallest absolute Gasteiger partial charge is 0.313 e. The average molecular weight is 419 g/mol. The number of rotatable bonds is 2. The summed E-state index contributed by atoms with van der Waals surface area (Å²) in [7, 11) is 0. The van der Waals surface area contributed by atoms with Crippen molar-refractivity contribution in [3.63, 3.8) is 0 Å². The largest absolute Gasteiger partial charge is 0.455 e. The third-order valence-electron chi connectivity index (χ3n) is 6.07. The molecular formula is C24H19ClN2O3. The molecular weight excluding hydrogens is 400 g/mol. The Hall–Kier alpha value is -3.31. The number of hydrogen-bond donors (Lipinski definition) is 0. The number of ether oxygens (including phenoxy) is 1. The summed E-state index contributed by atoms with van der Waals surface area (Å²) in [6.07, 6.45) is 3.86. The molecule has 0 amide bonds. The summed E-state index contributed by atoms with van der Waals surface area (Å²) in [4.78, 5) is 13.5. The minimum absolute atomic E-state index is 0.138. The van der Waals surface area contributed by atoms with Gasteiger partial charge in [0.2, 0.25) is 11.5 Å². The van der Waals surface area contributed by atoms with E-state index in [9.17, 15) is 10.1 Å². The topological polar surface area (TPSA) is 55.6 Å². The van der Waals surface area contributed by atoms with Crippen LogP contribution in [0.4, 0.5) is 17.1 Å². The molecule has 0 radical (unpaired) electrons. The van der Waals surface area contributed by atoms with Gasteiger partial charge >= 0.3 is 5.69 Å². The monoisotopic (exact) mass is 418 g/mol. The normalized spacial score (nSPS) is 20.6. The van der Waals surface area contributed by atoms with E-state index in [0.29, 0.717) is 10.6 Å². The van der Waals surface area contributed by atoms with Crippen molar-refractivity contribution in [2.24, 2.45) is 0 Å². The SMILES string of the molecule is CC1(C)c2ccccc2N(c2ccccc2)C12C=Cc1cc(Cl)cc([N+](=O)[O-])c1O2. The lowest BCUT2D eigenvalue weighted by Gasteiger charge is -2.46. The zero-order valence-electron chi connectivity index (χ0n) is 16.5. The van der Waals surface area contributed by atoms with E-state index in [-0.39, 0.29) is 11.4 Å². The van der Waals surface area contributed by atoms with Crippen LogP contribution in [0.1, 0.15) is 25.0 Å². The molecule has 3 aromatic carbocycles. The fourth-order valence-electron chi connectivity index (χ4n) is 4.58. The Kier molecular flexibility index (Phi) is 3.95. The number of nitrogens with zero attached hydrogens (tertiary/aromatic N) is 2. The van der Waals surface area contributed by atoms with Gasteiger partial charge in [-0.2, -0.15) is 0 Å². The number of para-hydroxylation sites is 2. The van der Waals surface area contributed by atoms with E-state index >= 15 is 0 Å². The quantitative estimate of drug-likeness (QED) is 0.353. The molecule has 3 aromatic rings. The second kappa shape index (κ2) is 6.34. The molecule has 1 unspecified atom stereocenters. The molecule has 150 valence electrons. The number of nitro benzene ring substituents is 1. The maximum atomic E-state index is 11.8. The van der Waals surface area contributed by atoms with Crippen molar-refractivity contribution in [2.75, 3.05) is 4.90 Å². The van der Waals surface area contributed by atoms with Gasteiger partial charge in [0.05, 0.1) is 10.3 Å². The highest BCUT2D eigenvalue weighted by atomic mass is 35.5. The summed E-state index contributed by atoms with van der Waals surface area (Å²) in [6, 6.07) is 21.1. The van der Waals surface area contributed by atoms with Crippen molar-refractivity contribution in [1.29, 1.82) is 0 Å². The van der Waals surface area contributed by atoms with Gasteiger partial charge < -0.3 is 4.74 Å². The van der Waals surface area contributed by atoms with Gasteiger partial charge in [-0.1, -0.05) is 48.0 Å². The summed E-state index contributed by atoms with van der Waals surface area (Å²) >= 11 is 6.13. The molecule has 2 heterocycles. The Morgan fingerprint density at radius 3 is 2.47 bits per heavy atom. The van der Waals surface area contributed by atoms with Crippen LogP contribution < -0.4 is 9.64 Å². The minimum atomic E-state index is -0.983. The molecule has 5 nitrogen and oxygen atoms in total. The highest BCUT2D eigenvalue weighted by molar-refractivity contribution is 6.31. The van der Waals surface area contributed by atoms with Crippen LogP contribution in [0.5, 0.6) is 5.75 Å². The van der Waals surface area contributed by atoms with Gasteiger partial charge in [0, 0.05) is 28.0 Å². The van der Waals surface area contributed by atoms with E-state index in [2.05, 4.69) is 30.9 Å². The number of hydrogen-bond acceptors (Lipinski definition) is 4. The van der Waals surface area contributed by atoms with E-state index in [0.717, 1.165) is 16.9 Å². The summed E-state index contributed by atoms with van der Waals surface area (Å²) in [5.74, 6) is 0.230. The second-order valence-electron chi connectivity index (χ2n) is 8.05. The Morgan fingerprint density at radius 2 is 1.73 bits per heavy atom. The van der Waals surface area contributed by atoms with Gasteiger partial charge in [-0.05, 0) is 55.8 Å². The molecule has 6 heteroatoms. The van der Waals surface area contributed by atoms with Crippen LogP contribution in [0.25, 0.3) is 6.08 Å². The lowest BCUT2D eigenvalue weighted by molar-refractivity contribution is -0.386. The fourth-order valence-corrected chi connectivity index (χ4v) is 4.80. The summed E-state index contributed by atoms with van der Waals surface area (Å²) in [5.41, 5.74) is 2.04. The zero-order valence-corrected chi connectivity index (χ0v) is 17.3. The van der Waals surface area contributed by atoms with E-state index in [1.807, 2.05) is 54.6 Å². The average Bonchev–Trinajstić information content (AvgIpc) is 2.92. The Balaban J connectivity index is 1.79. The van der Waals surface area contributed by atoms with E-state index in [4.69, 9.17) is 16.3 Å². The van der Waals surface area contributed by atoms with Crippen molar-refractivity contribution < 1.29 is 9.66 Å². The van der Waals surface area contributed by atoms with Crippen LogP contribution in [-0.4, -0.2) is 10.6 Å². The molecule has 0 saturated heterocycles. The van der Waals surface area contributed by atoms with Gasteiger partial charge in [0.25, 0.3) is 0 Å². The van der Waals surface area contributed by atoms with Crippen LogP contribution in [0.2, 0.25) is 5.02 Å². The molecule has 30 heavy (non-hydrogen) atoms. The predicted molar refractivity (Wildman–Crippen MR) is 119 cm³/mol. The standard InChI is InChI=1S/C24H19ClN2O3/c1-23(2)19-10-6-7-11-20(19)26(18-8-4-3-5-9-18)24(23)13-12-16-14-17(25)15-21(27(28)29)22(16)30-24/h3-15H,1-2H3. The molecule has 0 bridgehead atoms. The van der Waals surface area contributed by atoms with Crippen molar-refractivity contribution in [3.05, 3.63) is 99.1 Å². The fraction of sp³-hybridized carbons (Fsp3) is 0.167. The molecule has 1 spiro atoms. The van der Waals surface area contributed by atoms with Gasteiger partial charge in [-0.3, -0.25) is 15.0 Å². The molecule has 0 fully saturated rings. The third kappa shape index (κ3) is 2.42. The summed E-state index contributed by atoms with van der Waals surface area (Å²) < 4.78 is 6.63. The first kappa shape index (κ1) is 18.7. The Bertz CT molecular complexity index is 1210. The summed E-state index contributed by atoms with van der Waals surface area (Å²) in [5, 5.41) is 12.1. The van der Waals surface area contributed by atoms with Crippen molar-refractivity contribution in [1.82, 2.24) is 0 Å². The molecule has 5 rings (SSSR count). The van der Waals surface area contributed by atoms with E-state index < -0.39 is 16.1 Å². The van der Waals surface area contributed by atoms with Gasteiger partial charge in [-0.25, -0.2) is 0 Å². The molecule has 0 aliphatic carbocycles. The molecule has 1 atom stereocenters. The molecule has 0 aromatic heterocycles. The maximum absolute atomic E-state index is 11.8. The van der Waals surface area contributed by atoms with Gasteiger partial charge in [0.15, 0.2) is 0 Å². The zero-order chi connectivity index (χ0) is 21.1. The van der Waals surface area contributed by atoms with Crippen LogP contribution >= 0.6 is 11.6 Å². The number of nitro groups is 1. The Labute approximate surface area is 179 Å². The van der Waals surface area contributed by atoms with Gasteiger partial charge in [0.1, 0.15) is 0 Å². The number of benzene rings is 3. The third-order valence-corrected chi connectivity index (χ3v) is 6.28. The Morgan fingerprint density at radius 1 is 1.03 bits per heavy atom. The number of fused-ring (bicyclic) bond motifs is 2. The minimum Gasteiger partial charge on any atom is -0.455 e. The summed E-state index contributed by atoms with van der Waals surface area (Å²) in [6.45, 7) is 4.21. The molecule has 0 N–H and O–H groups in total. The first-order chi connectivity index (χ1) is 14.3. The highest BCUT2D eigenvalue weighted by Crippen LogP contribution is 2.58. The first-order valence-electron chi connectivity index (χ1n) is 9.66. The number of anilines is 2. The van der Waals surface area contributed by atoms with E-state index in [1.165, 1.54) is 6.07 Å². The number of halogens is 1. The van der Waals surface area contributed by atoms with Gasteiger partial charge in [-0.15, -0.1) is 0 Å². The van der Waals surface area contributed by atoms with E-state index in [1.54, 1.807) is 6.07 Å². The van der Waals surface area contributed by atoms with Crippen LogP contribution in [0.15, 0.2) is 72.8 Å². The van der Waals surface area contributed by atoms with Crippen LogP contribution in [0.3, 0.4) is 0 Å². The highest BCUT2D eigenvalue weighted by Gasteiger charge is 2.60. The molecule has 0 saturated carbocycles. The second-order valence-corrected chi connectivity index (χ2v) is 8.48. The lowest BCUT2D eigenvalue weighted by atomic mass is 9.76. The first-order valence-corrected chi connectivity index (χ1v) is 10.0. The van der Waals surface area contributed by atoms with Crippen molar-refractivity contribution in [2.45, 2.75) is 25.0 Å². The van der Waals surface area contributed by atoms with Crippen LogP contribution in [0, 0.1) is 10.1 Å². The predicted octanol–water partition coefficient (Wildman–Crippen LogP) is 6.48. The van der Waals surface area contributed by atoms with Crippen molar-refractivity contribution >= 4 is 34.7 Å². The van der Waals surface area contributed by atoms with Crippen molar-refractivity contribution in [3.8, 4) is 5.75 Å². The molecule has 2 aliphatic rings.